The Balaban J connectivity index is 1.57. The third-order valence-electron chi connectivity index (χ3n) is 5.50. The summed E-state index contributed by atoms with van der Waals surface area (Å²) in [5, 5.41) is 11.1. The van der Waals surface area contributed by atoms with Gasteiger partial charge in [-0.1, -0.05) is 12.1 Å². The van der Waals surface area contributed by atoms with Crippen LogP contribution in [-0.2, 0) is 25.7 Å². The fourth-order valence-corrected chi connectivity index (χ4v) is 3.81. The average Bonchev–Trinajstić information content (AvgIpc) is 2.78. The van der Waals surface area contributed by atoms with Crippen molar-refractivity contribution in [2.24, 2.45) is 0 Å². The first-order chi connectivity index (χ1) is 15.7. The number of aromatic nitrogens is 2. The molecule has 8 nitrogen and oxygen atoms in total. The summed E-state index contributed by atoms with van der Waals surface area (Å²) in [5.41, 5.74) is 0.845. The molecule has 33 heavy (non-hydrogen) atoms. The zero-order chi connectivity index (χ0) is 23.8. The molecule has 0 fully saturated rings. The fourth-order valence-electron chi connectivity index (χ4n) is 3.81. The number of rotatable bonds is 5. The normalized spacial score (nSPS) is 14.1. The molecule has 0 saturated carbocycles. The molecule has 0 spiro atoms. The minimum absolute atomic E-state index is 0.0519. The largest absolute Gasteiger partial charge is 0.496 e. The zero-order valence-corrected chi connectivity index (χ0v) is 17.5. The lowest BCUT2D eigenvalue weighted by molar-refractivity contribution is -0.385. The molecule has 0 aliphatic carbocycles. The number of nitrogens with one attached hydrogen (secondary N) is 1. The summed E-state index contributed by atoms with van der Waals surface area (Å²) in [6.45, 7) is 1.16. The topological polar surface area (TPSA) is 101 Å². The fraction of sp³-hybridized carbons (Fsp3) is 0.273. The van der Waals surface area contributed by atoms with E-state index in [2.05, 4.69) is 9.97 Å². The second-order valence-corrected chi connectivity index (χ2v) is 7.63. The van der Waals surface area contributed by atoms with E-state index in [0.717, 1.165) is 12.1 Å². The summed E-state index contributed by atoms with van der Waals surface area (Å²) in [7, 11) is 1.48. The number of non-ortho nitro benzene ring substituents is 1. The molecule has 2 heterocycles. The van der Waals surface area contributed by atoms with Gasteiger partial charge in [0.05, 0.1) is 28.9 Å². The zero-order valence-electron chi connectivity index (χ0n) is 17.5. The van der Waals surface area contributed by atoms with Gasteiger partial charge in [-0.15, -0.1) is 0 Å². The van der Waals surface area contributed by atoms with E-state index in [-0.39, 0.29) is 23.6 Å². The van der Waals surface area contributed by atoms with E-state index in [9.17, 15) is 28.1 Å². The molecule has 1 aliphatic heterocycles. The molecule has 1 aromatic heterocycles. The maximum absolute atomic E-state index is 12.8. The number of H-pyrrole nitrogens is 1. The number of nitrogens with zero attached hydrogens (tertiary/aromatic N) is 3. The van der Waals surface area contributed by atoms with E-state index in [4.69, 9.17) is 4.74 Å². The highest BCUT2D eigenvalue weighted by atomic mass is 19.4. The van der Waals surface area contributed by atoms with E-state index in [0.29, 0.717) is 47.6 Å². The molecule has 0 radical (unpaired) electrons. The van der Waals surface area contributed by atoms with Crippen LogP contribution in [0.3, 0.4) is 0 Å². The van der Waals surface area contributed by atoms with Gasteiger partial charge in [-0.3, -0.25) is 19.8 Å². The minimum atomic E-state index is -4.44. The molecule has 0 bridgehead atoms. The van der Waals surface area contributed by atoms with Gasteiger partial charge in [0.25, 0.3) is 11.2 Å². The van der Waals surface area contributed by atoms with Crippen molar-refractivity contribution in [3.05, 3.63) is 85.3 Å². The average molecular weight is 460 g/mol. The van der Waals surface area contributed by atoms with E-state index in [1.807, 2.05) is 4.90 Å². The number of ether oxygens (including phenoxy) is 1. The first-order valence-electron chi connectivity index (χ1n) is 9.99. The molecule has 0 atom stereocenters. The van der Waals surface area contributed by atoms with Gasteiger partial charge in [-0.25, -0.2) is 4.98 Å². The number of hydrogen-bond acceptors (Lipinski definition) is 6. The van der Waals surface area contributed by atoms with E-state index in [1.54, 1.807) is 0 Å². The lowest BCUT2D eigenvalue weighted by atomic mass is 10.0. The molecule has 172 valence electrons. The van der Waals surface area contributed by atoms with Gasteiger partial charge in [0, 0.05) is 49.3 Å². The predicted octanol–water partition coefficient (Wildman–Crippen LogP) is 3.93. The summed E-state index contributed by atoms with van der Waals surface area (Å²) in [6, 6.07) is 8.80. The van der Waals surface area contributed by atoms with Crippen molar-refractivity contribution in [2.75, 3.05) is 13.7 Å². The van der Waals surface area contributed by atoms with Crippen LogP contribution in [0.4, 0.5) is 18.9 Å². The number of methoxy groups -OCH3 is 1. The van der Waals surface area contributed by atoms with Crippen LogP contribution in [0.5, 0.6) is 5.75 Å². The van der Waals surface area contributed by atoms with Crippen molar-refractivity contribution in [1.29, 1.82) is 0 Å². The third kappa shape index (κ3) is 4.72. The molecule has 3 aromatic rings. The monoisotopic (exact) mass is 460 g/mol. The van der Waals surface area contributed by atoms with Crippen molar-refractivity contribution in [1.82, 2.24) is 14.9 Å². The second kappa shape index (κ2) is 8.66. The quantitative estimate of drug-likeness (QED) is 0.457. The van der Waals surface area contributed by atoms with Crippen molar-refractivity contribution in [3.8, 4) is 17.1 Å². The first-order valence-corrected chi connectivity index (χ1v) is 9.99. The van der Waals surface area contributed by atoms with Crippen LogP contribution in [0, 0.1) is 10.1 Å². The summed E-state index contributed by atoms with van der Waals surface area (Å²) < 4.78 is 43.7. The molecule has 0 unspecified atom stereocenters. The van der Waals surface area contributed by atoms with Gasteiger partial charge in [0.15, 0.2) is 0 Å². The lowest BCUT2D eigenvalue weighted by Crippen LogP contribution is -2.35. The van der Waals surface area contributed by atoms with Crippen LogP contribution >= 0.6 is 0 Å². The number of nitro benzene ring substituents is 1. The SMILES string of the molecule is COc1ccc([N+](=O)[O-])cc1CN1CCc2nc(-c3ccc(C(F)(F)F)cc3)[nH]c(=O)c2C1. The van der Waals surface area contributed by atoms with Crippen LogP contribution in [0.2, 0.25) is 0 Å². The lowest BCUT2D eigenvalue weighted by Gasteiger charge is -2.28. The molecular weight excluding hydrogens is 441 g/mol. The predicted molar refractivity (Wildman–Crippen MR) is 113 cm³/mol. The smallest absolute Gasteiger partial charge is 0.416 e. The Hall–Kier alpha value is -3.73. The number of fused-ring (bicyclic) bond motifs is 1. The third-order valence-corrected chi connectivity index (χ3v) is 5.50. The Morgan fingerprint density at radius 1 is 1.21 bits per heavy atom. The van der Waals surface area contributed by atoms with Crippen LogP contribution in [0.25, 0.3) is 11.4 Å². The molecule has 1 aliphatic rings. The minimum Gasteiger partial charge on any atom is -0.496 e. The number of hydrogen-bond donors (Lipinski definition) is 1. The Morgan fingerprint density at radius 3 is 2.58 bits per heavy atom. The van der Waals surface area contributed by atoms with Crippen molar-refractivity contribution in [3.63, 3.8) is 0 Å². The summed E-state index contributed by atoms with van der Waals surface area (Å²) >= 11 is 0. The number of aromatic amines is 1. The number of alkyl halides is 3. The van der Waals surface area contributed by atoms with Crippen molar-refractivity contribution >= 4 is 5.69 Å². The van der Waals surface area contributed by atoms with E-state index < -0.39 is 16.7 Å². The van der Waals surface area contributed by atoms with Crippen LogP contribution in [0.15, 0.2) is 47.3 Å². The molecule has 1 N–H and O–H groups in total. The van der Waals surface area contributed by atoms with Gasteiger partial charge in [-0.05, 0) is 18.2 Å². The molecule has 0 saturated heterocycles. The molecule has 0 amide bonds. The molecule has 2 aromatic carbocycles. The maximum Gasteiger partial charge on any atom is 0.416 e. The molecule has 11 heteroatoms. The Morgan fingerprint density at radius 2 is 1.94 bits per heavy atom. The van der Waals surface area contributed by atoms with Gasteiger partial charge in [-0.2, -0.15) is 13.2 Å². The second-order valence-electron chi connectivity index (χ2n) is 7.63. The highest BCUT2D eigenvalue weighted by molar-refractivity contribution is 5.56. The van der Waals surface area contributed by atoms with Gasteiger partial charge in [0.1, 0.15) is 11.6 Å². The van der Waals surface area contributed by atoms with Crippen molar-refractivity contribution < 1.29 is 22.8 Å². The highest BCUT2D eigenvalue weighted by Crippen LogP contribution is 2.31. The van der Waals surface area contributed by atoms with Crippen LogP contribution in [0.1, 0.15) is 22.4 Å². The van der Waals surface area contributed by atoms with Crippen LogP contribution < -0.4 is 10.3 Å². The Labute approximate surface area is 185 Å². The highest BCUT2D eigenvalue weighted by Gasteiger charge is 2.30. The van der Waals surface area contributed by atoms with Crippen LogP contribution in [-0.4, -0.2) is 33.4 Å². The van der Waals surface area contributed by atoms with Gasteiger partial charge < -0.3 is 9.72 Å². The molecule has 4 rings (SSSR count). The number of benzene rings is 2. The van der Waals surface area contributed by atoms with E-state index in [1.165, 1.54) is 37.4 Å². The number of nitro groups is 1. The van der Waals surface area contributed by atoms with Gasteiger partial charge >= 0.3 is 6.18 Å². The first kappa shape index (κ1) is 22.5. The molecular formula is C22H19F3N4O4. The summed E-state index contributed by atoms with van der Waals surface area (Å²) in [6.07, 6.45) is -4.00. The van der Waals surface area contributed by atoms with Gasteiger partial charge in [0.2, 0.25) is 0 Å². The summed E-state index contributed by atoms with van der Waals surface area (Å²) in [5.74, 6) is 0.720. The standard InChI is InChI=1S/C22H19F3N4O4/c1-33-19-7-6-16(29(31)32)10-14(19)11-28-9-8-18-17(12-28)21(30)27-20(26-18)13-2-4-15(5-3-13)22(23,24)25/h2-7,10H,8-9,11-12H2,1H3,(H,26,27,30). The van der Waals surface area contributed by atoms with E-state index >= 15 is 0 Å². The summed E-state index contributed by atoms with van der Waals surface area (Å²) in [4.78, 5) is 32.4. The Bertz CT molecular complexity index is 1260. The maximum atomic E-state index is 12.8. The number of halogens is 3. The Kier molecular flexibility index (Phi) is 5.90. The van der Waals surface area contributed by atoms with Crippen molar-refractivity contribution in [2.45, 2.75) is 25.7 Å².